The lowest BCUT2D eigenvalue weighted by molar-refractivity contribution is -0.385. The zero-order valence-corrected chi connectivity index (χ0v) is 22.4. The van der Waals surface area contributed by atoms with Crippen molar-refractivity contribution >= 4 is 44.6 Å². The van der Waals surface area contributed by atoms with E-state index in [1.807, 2.05) is 36.4 Å². The number of nitrogens with one attached hydrogen (secondary N) is 1. The Bertz CT molecular complexity index is 1710. The van der Waals surface area contributed by atoms with Crippen molar-refractivity contribution in [3.63, 3.8) is 0 Å². The molecule has 0 saturated heterocycles. The Hall–Kier alpha value is -5.52. The number of rotatable bonds is 4. The number of aryl methyl sites for hydroxylation is 1. The quantitative estimate of drug-likeness (QED) is 0.154. The maximum Gasteiger partial charge on any atom is 0.313 e. The molecule has 3 N–H and O–H groups in total. The number of nitrogen functional groups attached to an aromatic ring is 1. The van der Waals surface area contributed by atoms with Gasteiger partial charge in [0.1, 0.15) is 11.0 Å². The predicted octanol–water partition coefficient (Wildman–Crippen LogP) is 5.93. The van der Waals surface area contributed by atoms with Gasteiger partial charge >= 0.3 is 5.69 Å². The minimum atomic E-state index is -0.479. The normalized spacial score (nSPS) is 11.6. The van der Waals surface area contributed by atoms with Gasteiger partial charge in [0.15, 0.2) is 5.75 Å². The molecule has 5 aromatic rings. The van der Waals surface area contributed by atoms with Gasteiger partial charge in [-0.2, -0.15) is 0 Å². The van der Waals surface area contributed by atoms with Crippen LogP contribution in [0.1, 0.15) is 12.0 Å². The van der Waals surface area contributed by atoms with Crippen molar-refractivity contribution in [3.8, 4) is 11.5 Å². The Kier molecular flexibility index (Phi) is 9.05. The molecule has 12 heteroatoms. The highest BCUT2D eigenvalue weighted by atomic mass is 16.6. The molecule has 0 spiro atoms. The van der Waals surface area contributed by atoms with Crippen LogP contribution in [-0.2, 0) is 6.42 Å². The van der Waals surface area contributed by atoms with E-state index in [1.165, 1.54) is 18.7 Å². The van der Waals surface area contributed by atoms with E-state index < -0.39 is 4.92 Å². The average molecular weight is 557 g/mol. The molecule has 6 rings (SSSR count). The molecule has 0 fully saturated rings. The number of hydrogen-bond donors (Lipinski definition) is 2. The second kappa shape index (κ2) is 13.0. The number of non-ortho nitro benzene ring substituents is 1. The minimum absolute atomic E-state index is 0.0660. The number of aromatic nitrogens is 2. The molecular formula is C29H28N6O6. The Labute approximate surface area is 235 Å². The van der Waals surface area contributed by atoms with Crippen LogP contribution >= 0.6 is 0 Å². The number of fused-ring (bicyclic) bond motifs is 3. The summed E-state index contributed by atoms with van der Waals surface area (Å²) in [5.74, 6) is 0.858. The fourth-order valence-electron chi connectivity index (χ4n) is 4.36. The molecule has 12 nitrogen and oxygen atoms in total. The van der Waals surface area contributed by atoms with Crippen molar-refractivity contribution in [2.75, 3.05) is 31.8 Å². The summed E-state index contributed by atoms with van der Waals surface area (Å²) in [4.78, 5) is 28.6. The van der Waals surface area contributed by atoms with Crippen LogP contribution in [0.15, 0.2) is 79.1 Å². The second-order valence-electron chi connectivity index (χ2n) is 8.84. The third-order valence-electron chi connectivity index (χ3n) is 6.31. The van der Waals surface area contributed by atoms with E-state index in [-0.39, 0.29) is 22.0 Å². The molecule has 0 radical (unpaired) electrons. The van der Waals surface area contributed by atoms with Crippen molar-refractivity contribution in [3.05, 3.63) is 105 Å². The topological polar surface area (TPSA) is 169 Å². The summed E-state index contributed by atoms with van der Waals surface area (Å²) in [7, 11) is 3.00. The molecular weight excluding hydrogens is 528 g/mol. The highest BCUT2D eigenvalue weighted by Crippen LogP contribution is 2.33. The molecule has 0 atom stereocenters. The molecule has 0 amide bonds. The van der Waals surface area contributed by atoms with Crippen LogP contribution in [0.5, 0.6) is 11.5 Å². The molecule has 210 valence electrons. The van der Waals surface area contributed by atoms with Crippen LogP contribution in [0.2, 0.25) is 0 Å². The van der Waals surface area contributed by atoms with Crippen molar-refractivity contribution in [2.24, 2.45) is 0 Å². The summed E-state index contributed by atoms with van der Waals surface area (Å²) in [5.41, 5.74) is 9.86. The molecule has 1 aliphatic heterocycles. The summed E-state index contributed by atoms with van der Waals surface area (Å²) in [6, 6.07) is 19.3. The second-order valence-corrected chi connectivity index (χ2v) is 8.84. The van der Waals surface area contributed by atoms with Gasteiger partial charge in [-0.3, -0.25) is 30.2 Å². The molecule has 2 aromatic heterocycles. The molecule has 0 bridgehead atoms. The van der Waals surface area contributed by atoms with E-state index >= 15 is 0 Å². The van der Waals surface area contributed by atoms with Gasteiger partial charge in [0, 0.05) is 53.6 Å². The van der Waals surface area contributed by atoms with Crippen molar-refractivity contribution in [1.82, 2.24) is 9.97 Å². The molecule has 0 unspecified atom stereocenters. The number of pyridine rings is 2. The molecule has 0 saturated carbocycles. The zero-order valence-electron chi connectivity index (χ0n) is 22.4. The van der Waals surface area contributed by atoms with Gasteiger partial charge in [0.25, 0.3) is 5.69 Å². The first-order valence-corrected chi connectivity index (χ1v) is 12.6. The smallest absolute Gasteiger partial charge is 0.313 e. The van der Waals surface area contributed by atoms with Crippen molar-refractivity contribution < 1.29 is 19.3 Å². The third kappa shape index (κ3) is 6.56. The monoisotopic (exact) mass is 556 g/mol. The van der Waals surface area contributed by atoms with Crippen LogP contribution in [-0.4, -0.2) is 40.6 Å². The maximum atomic E-state index is 10.7. The standard InChI is InChI=1S/C10H8N2O3.C10H10N2O.C9H10N2O2/c1-15-10-8(12(13)14)5-4-7-3-2-6-11-9(7)10;1-13-10-8(11)5-4-7-3-2-6-12-9(7)10;12-11(13)8-4-3-7-2-1-5-10-9(7)6-8/h2-6H,1H3;2-6H,11H2,1H3;3-4,6,10H,1-2,5H2. The first kappa shape index (κ1) is 28.5. The first-order chi connectivity index (χ1) is 19.8. The zero-order chi connectivity index (χ0) is 29.4. The molecule has 0 aliphatic carbocycles. The van der Waals surface area contributed by atoms with E-state index in [1.54, 1.807) is 43.8 Å². The summed E-state index contributed by atoms with van der Waals surface area (Å²) in [6.07, 6.45) is 5.42. The fourth-order valence-corrected chi connectivity index (χ4v) is 4.36. The number of methoxy groups -OCH3 is 2. The van der Waals surface area contributed by atoms with E-state index in [9.17, 15) is 20.2 Å². The molecule has 3 heterocycles. The third-order valence-corrected chi connectivity index (χ3v) is 6.31. The lowest BCUT2D eigenvalue weighted by atomic mass is 10.0. The van der Waals surface area contributed by atoms with Gasteiger partial charge in [-0.1, -0.05) is 24.3 Å². The highest BCUT2D eigenvalue weighted by Gasteiger charge is 2.18. The van der Waals surface area contributed by atoms with Crippen molar-refractivity contribution in [1.29, 1.82) is 0 Å². The minimum Gasteiger partial charge on any atom is -0.492 e. The van der Waals surface area contributed by atoms with Crippen LogP contribution < -0.4 is 20.5 Å². The number of benzene rings is 3. The number of nitro groups is 2. The SMILES string of the molecule is COc1c(N)ccc2cccnc12.COc1c([N+](=O)[O-])ccc2cccnc12.O=[N+]([O-])c1ccc2c(c1)NCCC2. The van der Waals surface area contributed by atoms with Gasteiger partial charge in [0.05, 0.1) is 29.8 Å². The number of ether oxygens (including phenoxy) is 2. The molecule has 41 heavy (non-hydrogen) atoms. The lowest BCUT2D eigenvalue weighted by Crippen LogP contribution is -2.11. The van der Waals surface area contributed by atoms with Crippen LogP contribution in [0.4, 0.5) is 22.7 Å². The fraction of sp³-hybridized carbons (Fsp3) is 0.172. The van der Waals surface area contributed by atoms with Crippen LogP contribution in [0, 0.1) is 20.2 Å². The number of hydrogen-bond acceptors (Lipinski definition) is 10. The Morgan fingerprint density at radius 3 is 2.07 bits per heavy atom. The first-order valence-electron chi connectivity index (χ1n) is 12.6. The number of nitrogens with two attached hydrogens (primary N) is 1. The van der Waals surface area contributed by atoms with Crippen LogP contribution in [0.3, 0.4) is 0 Å². The van der Waals surface area contributed by atoms with Gasteiger partial charge in [0.2, 0.25) is 5.75 Å². The van der Waals surface area contributed by atoms with Gasteiger partial charge in [-0.25, -0.2) is 0 Å². The summed E-state index contributed by atoms with van der Waals surface area (Å²) in [5, 5.41) is 26.2. The van der Waals surface area contributed by atoms with E-state index in [2.05, 4.69) is 15.3 Å². The van der Waals surface area contributed by atoms with Gasteiger partial charge < -0.3 is 20.5 Å². The number of nitrogens with zero attached hydrogens (tertiary/aromatic N) is 4. The van der Waals surface area contributed by atoms with Gasteiger partial charge in [-0.15, -0.1) is 0 Å². The van der Waals surface area contributed by atoms with Crippen LogP contribution in [0.25, 0.3) is 21.8 Å². The largest absolute Gasteiger partial charge is 0.492 e. The van der Waals surface area contributed by atoms with E-state index in [0.717, 1.165) is 41.4 Å². The summed E-state index contributed by atoms with van der Waals surface area (Å²) < 4.78 is 10.2. The Morgan fingerprint density at radius 2 is 1.46 bits per heavy atom. The summed E-state index contributed by atoms with van der Waals surface area (Å²) >= 11 is 0. The van der Waals surface area contributed by atoms with E-state index in [4.69, 9.17) is 15.2 Å². The molecule has 1 aliphatic rings. The number of anilines is 2. The summed E-state index contributed by atoms with van der Waals surface area (Å²) in [6.45, 7) is 0.911. The van der Waals surface area contributed by atoms with Crippen molar-refractivity contribution in [2.45, 2.75) is 12.8 Å². The number of nitro benzene ring substituents is 2. The lowest BCUT2D eigenvalue weighted by Gasteiger charge is -2.16. The highest BCUT2D eigenvalue weighted by molar-refractivity contribution is 5.89. The van der Waals surface area contributed by atoms with E-state index in [0.29, 0.717) is 17.0 Å². The Balaban J connectivity index is 0.000000142. The Morgan fingerprint density at radius 1 is 0.829 bits per heavy atom. The van der Waals surface area contributed by atoms with Gasteiger partial charge in [-0.05, 0) is 42.7 Å². The molecule has 3 aromatic carbocycles. The predicted molar refractivity (Wildman–Crippen MR) is 158 cm³/mol. The average Bonchev–Trinajstić information content (AvgIpc) is 3.00. The maximum absolute atomic E-state index is 10.7.